The van der Waals surface area contributed by atoms with Crippen LogP contribution in [-0.4, -0.2) is 6.09 Å². The number of benzene rings is 2. The second-order valence-electron chi connectivity index (χ2n) is 5.20. The largest absolute Gasteiger partial charge is 0.444 e. The van der Waals surface area contributed by atoms with E-state index in [9.17, 15) is 4.79 Å². The zero-order valence-electron chi connectivity index (χ0n) is 13.8. The van der Waals surface area contributed by atoms with Crippen molar-refractivity contribution in [1.29, 1.82) is 5.26 Å². The Morgan fingerprint density at radius 3 is 2.33 bits per heavy atom. The lowest BCUT2D eigenvalue weighted by molar-refractivity contribution is 0.155. The molecule has 0 aliphatic rings. The van der Waals surface area contributed by atoms with Crippen LogP contribution >= 0.6 is 11.8 Å². The van der Waals surface area contributed by atoms with Gasteiger partial charge in [0, 0.05) is 4.90 Å². The molecule has 0 saturated heterocycles. The lowest BCUT2D eigenvalue weighted by Gasteiger charge is -2.16. The van der Waals surface area contributed by atoms with Gasteiger partial charge in [-0.3, -0.25) is 5.32 Å². The van der Waals surface area contributed by atoms with Crippen molar-refractivity contribution in [2.45, 2.75) is 38.2 Å². The summed E-state index contributed by atoms with van der Waals surface area (Å²) in [7, 11) is 0. The van der Waals surface area contributed by atoms with Crippen LogP contribution in [0.2, 0.25) is 0 Å². The summed E-state index contributed by atoms with van der Waals surface area (Å²) < 4.78 is 5.30. The molecule has 0 aliphatic heterocycles. The predicted molar refractivity (Wildman–Crippen MR) is 96.9 cm³/mol. The van der Waals surface area contributed by atoms with Crippen LogP contribution in [0.3, 0.4) is 0 Å². The highest BCUT2D eigenvalue weighted by Crippen LogP contribution is 2.29. The third-order valence-corrected chi connectivity index (χ3v) is 4.20. The number of rotatable bonds is 6. The van der Waals surface area contributed by atoms with Gasteiger partial charge in [-0.1, -0.05) is 44.2 Å². The van der Waals surface area contributed by atoms with Crippen molar-refractivity contribution in [3.05, 3.63) is 59.2 Å². The molecule has 0 fully saturated rings. The number of carbonyl (C=O) groups is 1. The highest BCUT2D eigenvalue weighted by Gasteiger charge is 2.13. The number of carbonyl (C=O) groups excluding carboxylic acids is 1. The Kier molecular flexibility index (Phi) is 6.71. The molecule has 2 rings (SSSR count). The quantitative estimate of drug-likeness (QED) is 0.584. The molecule has 0 aliphatic carbocycles. The van der Waals surface area contributed by atoms with Crippen molar-refractivity contribution in [2.75, 3.05) is 5.32 Å². The fraction of sp³-hybridized carbons (Fsp3) is 0.263. The summed E-state index contributed by atoms with van der Waals surface area (Å²) in [6.45, 7) is 4.28. The molecule has 5 heteroatoms. The van der Waals surface area contributed by atoms with E-state index in [4.69, 9.17) is 10.00 Å². The maximum atomic E-state index is 12.1. The summed E-state index contributed by atoms with van der Waals surface area (Å²) in [6, 6.07) is 13.5. The lowest BCUT2D eigenvalue weighted by Crippen LogP contribution is -2.16. The summed E-state index contributed by atoms with van der Waals surface area (Å²) in [4.78, 5) is 13.0. The molecule has 0 radical (unpaired) electrons. The van der Waals surface area contributed by atoms with Gasteiger partial charge in [0.1, 0.15) is 12.0 Å². The summed E-state index contributed by atoms with van der Waals surface area (Å²) in [6.07, 6.45) is 1.06. The van der Waals surface area contributed by atoms with Gasteiger partial charge in [0.2, 0.25) is 0 Å². The first kappa shape index (κ1) is 17.9. The van der Waals surface area contributed by atoms with E-state index in [0.29, 0.717) is 0 Å². The Bertz CT molecular complexity index is 714. The number of hydrogen-bond donors (Lipinski definition) is 1. The second kappa shape index (κ2) is 8.99. The van der Waals surface area contributed by atoms with Gasteiger partial charge in [-0.2, -0.15) is 5.26 Å². The van der Waals surface area contributed by atoms with Crippen LogP contribution in [0.4, 0.5) is 10.5 Å². The molecule has 124 valence electrons. The van der Waals surface area contributed by atoms with Gasteiger partial charge in [0.15, 0.2) is 0 Å². The summed E-state index contributed by atoms with van der Waals surface area (Å²) >= 11 is 1.13. The highest BCUT2D eigenvalue weighted by atomic mass is 32.2. The molecule has 0 saturated carbocycles. The number of nitrogens with zero attached hydrogens (tertiary/aromatic N) is 1. The Balaban J connectivity index is 2.12. The van der Waals surface area contributed by atoms with E-state index in [1.54, 1.807) is 0 Å². The van der Waals surface area contributed by atoms with E-state index >= 15 is 0 Å². The van der Waals surface area contributed by atoms with Crippen LogP contribution in [0.25, 0.3) is 0 Å². The molecule has 0 aromatic heterocycles. The first-order valence-electron chi connectivity index (χ1n) is 7.87. The average Bonchev–Trinajstić information content (AvgIpc) is 2.62. The van der Waals surface area contributed by atoms with Gasteiger partial charge in [-0.25, -0.2) is 4.79 Å². The fourth-order valence-electron chi connectivity index (χ4n) is 2.43. The zero-order chi connectivity index (χ0) is 17.4. The molecular weight excluding hydrogens is 320 g/mol. The van der Waals surface area contributed by atoms with Crippen molar-refractivity contribution >= 4 is 23.5 Å². The van der Waals surface area contributed by atoms with E-state index in [1.807, 2.05) is 56.3 Å². The number of thiocyanates is 1. The van der Waals surface area contributed by atoms with Crippen LogP contribution < -0.4 is 5.32 Å². The molecule has 1 N–H and O–H groups in total. The van der Waals surface area contributed by atoms with Gasteiger partial charge in [-0.15, -0.1) is 0 Å². The third kappa shape index (κ3) is 4.77. The van der Waals surface area contributed by atoms with Crippen LogP contribution in [0.5, 0.6) is 0 Å². The number of amides is 1. The van der Waals surface area contributed by atoms with E-state index in [2.05, 4.69) is 10.7 Å². The smallest absolute Gasteiger partial charge is 0.411 e. The number of ether oxygens (including phenoxy) is 1. The molecule has 4 nitrogen and oxygen atoms in total. The molecule has 2 aromatic rings. The monoisotopic (exact) mass is 340 g/mol. The highest BCUT2D eigenvalue weighted by molar-refractivity contribution is 8.03. The Morgan fingerprint density at radius 2 is 1.79 bits per heavy atom. The summed E-state index contributed by atoms with van der Waals surface area (Å²) in [5, 5.41) is 13.8. The van der Waals surface area contributed by atoms with E-state index < -0.39 is 6.09 Å². The minimum absolute atomic E-state index is 0.234. The summed E-state index contributed by atoms with van der Waals surface area (Å²) in [5.74, 6) is 0. The van der Waals surface area contributed by atoms with Crippen LogP contribution in [-0.2, 0) is 24.2 Å². The Labute approximate surface area is 146 Å². The number of nitrogens with one attached hydrogen (secondary N) is 1. The van der Waals surface area contributed by atoms with Crippen molar-refractivity contribution < 1.29 is 9.53 Å². The van der Waals surface area contributed by atoms with E-state index in [1.165, 1.54) is 0 Å². The molecule has 24 heavy (non-hydrogen) atoms. The molecular formula is C19H20N2O2S. The molecule has 0 heterocycles. The Morgan fingerprint density at radius 1 is 1.17 bits per heavy atom. The predicted octanol–water partition coefficient (Wildman–Crippen LogP) is 5.13. The van der Waals surface area contributed by atoms with Gasteiger partial charge >= 0.3 is 6.09 Å². The minimum atomic E-state index is -0.469. The maximum absolute atomic E-state index is 12.1. The van der Waals surface area contributed by atoms with Crippen molar-refractivity contribution in [1.82, 2.24) is 0 Å². The number of aryl methyl sites for hydroxylation is 2. The number of thioether (sulfide) groups is 1. The van der Waals surface area contributed by atoms with Gasteiger partial charge in [0.25, 0.3) is 0 Å². The summed E-state index contributed by atoms with van der Waals surface area (Å²) in [5.41, 5.74) is 3.74. The zero-order valence-corrected chi connectivity index (χ0v) is 14.7. The van der Waals surface area contributed by atoms with E-state index in [0.717, 1.165) is 51.9 Å². The Hall–Kier alpha value is -2.45. The van der Waals surface area contributed by atoms with Crippen molar-refractivity contribution in [2.24, 2.45) is 0 Å². The topological polar surface area (TPSA) is 62.1 Å². The first-order chi connectivity index (χ1) is 11.7. The van der Waals surface area contributed by atoms with Crippen LogP contribution in [0.1, 0.15) is 30.5 Å². The van der Waals surface area contributed by atoms with Crippen molar-refractivity contribution in [3.8, 4) is 5.40 Å². The number of anilines is 1. The number of hydrogen-bond acceptors (Lipinski definition) is 4. The van der Waals surface area contributed by atoms with Crippen LogP contribution in [0.15, 0.2) is 47.4 Å². The molecule has 0 atom stereocenters. The lowest BCUT2D eigenvalue weighted by atomic mass is 10.0. The number of nitriles is 1. The molecule has 2 aromatic carbocycles. The normalized spacial score (nSPS) is 10.0. The van der Waals surface area contributed by atoms with Crippen molar-refractivity contribution in [3.63, 3.8) is 0 Å². The average molecular weight is 340 g/mol. The van der Waals surface area contributed by atoms with Gasteiger partial charge in [-0.05, 0) is 53.4 Å². The standard InChI is InChI=1S/C19H20N2O2S/c1-3-15-10-17(24-13-20)11-16(4-2)18(15)21-19(22)23-12-14-8-6-5-7-9-14/h5-11H,3-4,12H2,1-2H3,(H,21,22). The van der Waals surface area contributed by atoms with Crippen LogP contribution in [0, 0.1) is 10.7 Å². The van der Waals surface area contributed by atoms with Gasteiger partial charge in [0.05, 0.1) is 5.69 Å². The van der Waals surface area contributed by atoms with Gasteiger partial charge < -0.3 is 4.74 Å². The molecule has 0 bridgehead atoms. The minimum Gasteiger partial charge on any atom is -0.444 e. The van der Waals surface area contributed by atoms with E-state index in [-0.39, 0.29) is 6.61 Å². The SMILES string of the molecule is CCc1cc(SC#N)cc(CC)c1NC(=O)OCc1ccccc1. The molecule has 0 unspecified atom stereocenters. The fourth-order valence-corrected chi connectivity index (χ4v) is 2.93. The maximum Gasteiger partial charge on any atom is 0.411 e. The third-order valence-electron chi connectivity index (χ3n) is 3.64. The second-order valence-corrected chi connectivity index (χ2v) is 6.06. The first-order valence-corrected chi connectivity index (χ1v) is 8.69. The molecule has 0 spiro atoms. The molecule has 1 amide bonds.